The van der Waals surface area contributed by atoms with Gasteiger partial charge in [0.15, 0.2) is 0 Å². The highest BCUT2D eigenvalue weighted by atomic mass is 35.5. The zero-order valence-electron chi connectivity index (χ0n) is 17.6. The number of β-amino-alcohol motifs (C(OH)–C–C–N with tert-alkyl or cyclic N) is 1. The lowest BCUT2D eigenvalue weighted by atomic mass is 10.0. The van der Waals surface area contributed by atoms with Crippen LogP contribution in [-0.2, 0) is 9.59 Å². The molecule has 2 aromatic rings. The van der Waals surface area contributed by atoms with Crippen LogP contribution >= 0.6 is 11.6 Å². The van der Waals surface area contributed by atoms with Gasteiger partial charge in [-0.3, -0.25) is 14.4 Å². The molecule has 3 aliphatic heterocycles. The van der Waals surface area contributed by atoms with E-state index in [-0.39, 0.29) is 47.9 Å². The first-order chi connectivity index (χ1) is 15.8. The highest BCUT2D eigenvalue weighted by Crippen LogP contribution is 2.32. The average Bonchev–Trinajstić information content (AvgIpc) is 3.20. The van der Waals surface area contributed by atoms with E-state index in [9.17, 15) is 23.9 Å². The zero-order valence-corrected chi connectivity index (χ0v) is 18.3. The van der Waals surface area contributed by atoms with E-state index in [0.717, 1.165) is 0 Å². The minimum absolute atomic E-state index is 0.0668. The van der Waals surface area contributed by atoms with Crippen LogP contribution < -0.4 is 10.6 Å². The highest BCUT2D eigenvalue weighted by molar-refractivity contribution is 6.30. The number of hydrogen-bond acceptors (Lipinski definition) is 5. The molecule has 3 aliphatic rings. The molecule has 3 atom stereocenters. The van der Waals surface area contributed by atoms with Crippen molar-refractivity contribution in [3.05, 3.63) is 52.8 Å². The molecular formula is C23H22ClFN4O4. The number of halogens is 2. The molecule has 0 spiro atoms. The summed E-state index contributed by atoms with van der Waals surface area (Å²) in [5, 5.41) is 15.7. The fourth-order valence-electron chi connectivity index (χ4n) is 4.67. The first-order valence-electron chi connectivity index (χ1n) is 10.7. The second-order valence-corrected chi connectivity index (χ2v) is 8.96. The van der Waals surface area contributed by atoms with Crippen molar-refractivity contribution in [1.82, 2.24) is 15.1 Å². The third-order valence-electron chi connectivity index (χ3n) is 6.41. The predicted molar refractivity (Wildman–Crippen MR) is 119 cm³/mol. The minimum Gasteiger partial charge on any atom is -0.392 e. The Morgan fingerprint density at radius 2 is 1.94 bits per heavy atom. The van der Waals surface area contributed by atoms with Crippen molar-refractivity contribution in [3.8, 4) is 11.1 Å². The van der Waals surface area contributed by atoms with Gasteiger partial charge in [-0.2, -0.15) is 0 Å². The molecule has 2 saturated heterocycles. The smallest absolute Gasteiger partial charge is 0.256 e. The maximum absolute atomic E-state index is 14.4. The van der Waals surface area contributed by atoms with Crippen LogP contribution in [0.3, 0.4) is 0 Å². The highest BCUT2D eigenvalue weighted by Gasteiger charge is 2.42. The molecule has 0 saturated carbocycles. The standard InChI is InChI=1S/C23H22ClFN4O4/c24-13-2-3-15(17(25)8-13)12-1-4-18-16(7-12)22(32)29-6-5-28(11-20(29)21(31)27-18)23(33)19-9-14(30)10-26-19/h1-4,7-8,14,19-20,26,30H,5-6,9-11H2,(H,27,31)/t14-,19+,20?/m1/s1. The van der Waals surface area contributed by atoms with Crippen molar-refractivity contribution in [2.24, 2.45) is 0 Å². The fraction of sp³-hybridized carbons (Fsp3) is 0.348. The number of carbonyl (C=O) groups excluding carboxylic acids is 3. The molecule has 3 heterocycles. The SMILES string of the molecule is O=C1Nc2ccc(-c3ccc(Cl)cc3F)cc2C(=O)N2CCN(C(=O)[C@@H]3C[C@@H](O)CN3)CC12. The number of benzene rings is 2. The number of rotatable bonds is 2. The Labute approximate surface area is 194 Å². The molecule has 10 heteroatoms. The van der Waals surface area contributed by atoms with Crippen LogP contribution in [0.5, 0.6) is 0 Å². The van der Waals surface area contributed by atoms with Gasteiger partial charge < -0.3 is 25.5 Å². The Balaban J connectivity index is 1.41. The number of aliphatic hydroxyl groups excluding tert-OH is 1. The van der Waals surface area contributed by atoms with Crippen molar-refractivity contribution in [3.63, 3.8) is 0 Å². The Morgan fingerprint density at radius 1 is 1.12 bits per heavy atom. The number of aliphatic hydroxyl groups is 1. The quantitative estimate of drug-likeness (QED) is 0.614. The summed E-state index contributed by atoms with van der Waals surface area (Å²) in [5.74, 6) is -1.44. The molecule has 2 fully saturated rings. The molecule has 0 aliphatic carbocycles. The van der Waals surface area contributed by atoms with Crippen molar-refractivity contribution in [2.75, 3.05) is 31.5 Å². The molecule has 172 valence electrons. The van der Waals surface area contributed by atoms with Gasteiger partial charge in [-0.1, -0.05) is 17.7 Å². The number of nitrogens with zero attached hydrogens (tertiary/aromatic N) is 2. The van der Waals surface area contributed by atoms with Gasteiger partial charge in [-0.25, -0.2) is 4.39 Å². The molecule has 3 amide bonds. The molecule has 33 heavy (non-hydrogen) atoms. The van der Waals surface area contributed by atoms with Crippen LogP contribution in [-0.4, -0.2) is 77.0 Å². The zero-order chi connectivity index (χ0) is 23.3. The van der Waals surface area contributed by atoms with E-state index < -0.39 is 24.0 Å². The monoisotopic (exact) mass is 472 g/mol. The number of piperazine rings is 1. The summed E-state index contributed by atoms with van der Waals surface area (Å²) in [5.41, 5.74) is 1.39. The van der Waals surface area contributed by atoms with Gasteiger partial charge in [0.05, 0.1) is 29.9 Å². The van der Waals surface area contributed by atoms with Gasteiger partial charge in [0, 0.05) is 30.2 Å². The van der Waals surface area contributed by atoms with Gasteiger partial charge >= 0.3 is 0 Å². The van der Waals surface area contributed by atoms with E-state index in [4.69, 9.17) is 11.6 Å². The number of amides is 3. The topological polar surface area (TPSA) is 102 Å². The molecule has 3 N–H and O–H groups in total. The van der Waals surface area contributed by atoms with Crippen molar-refractivity contribution in [2.45, 2.75) is 24.6 Å². The molecule has 0 aromatic heterocycles. The third kappa shape index (κ3) is 3.96. The Morgan fingerprint density at radius 3 is 2.67 bits per heavy atom. The van der Waals surface area contributed by atoms with Crippen LogP contribution in [0.15, 0.2) is 36.4 Å². The second-order valence-electron chi connectivity index (χ2n) is 8.52. The lowest BCUT2D eigenvalue weighted by Crippen LogP contribution is -2.61. The molecule has 0 radical (unpaired) electrons. The lowest BCUT2D eigenvalue weighted by Gasteiger charge is -2.40. The van der Waals surface area contributed by atoms with Crippen LogP contribution in [0.25, 0.3) is 11.1 Å². The summed E-state index contributed by atoms with van der Waals surface area (Å²) in [4.78, 5) is 42.2. The Kier molecular flexibility index (Phi) is 5.55. The molecule has 0 bridgehead atoms. The van der Waals surface area contributed by atoms with E-state index in [1.54, 1.807) is 35.2 Å². The predicted octanol–water partition coefficient (Wildman–Crippen LogP) is 1.47. The van der Waals surface area contributed by atoms with Gasteiger partial charge in [0.1, 0.15) is 11.9 Å². The average molecular weight is 473 g/mol. The van der Waals surface area contributed by atoms with Gasteiger partial charge in [0.2, 0.25) is 11.8 Å². The normalized spacial score (nSPS) is 24.8. The molecule has 1 unspecified atom stereocenters. The van der Waals surface area contributed by atoms with Crippen LogP contribution in [0.1, 0.15) is 16.8 Å². The van der Waals surface area contributed by atoms with E-state index in [1.165, 1.54) is 11.0 Å². The van der Waals surface area contributed by atoms with E-state index in [2.05, 4.69) is 10.6 Å². The maximum Gasteiger partial charge on any atom is 0.256 e. The molecular weight excluding hydrogens is 451 g/mol. The van der Waals surface area contributed by atoms with E-state index in [1.807, 2.05) is 0 Å². The van der Waals surface area contributed by atoms with E-state index >= 15 is 0 Å². The summed E-state index contributed by atoms with van der Waals surface area (Å²) < 4.78 is 14.4. The maximum atomic E-state index is 14.4. The van der Waals surface area contributed by atoms with Crippen LogP contribution in [0.2, 0.25) is 5.02 Å². The summed E-state index contributed by atoms with van der Waals surface area (Å²) in [6.07, 6.45) is -0.248. The van der Waals surface area contributed by atoms with Gasteiger partial charge in [-0.15, -0.1) is 0 Å². The number of anilines is 1. The van der Waals surface area contributed by atoms with Gasteiger partial charge in [-0.05, 0) is 42.3 Å². The molecule has 8 nitrogen and oxygen atoms in total. The Hall–Kier alpha value is -3.01. The summed E-state index contributed by atoms with van der Waals surface area (Å²) in [7, 11) is 0. The number of fused-ring (bicyclic) bond motifs is 2. The molecule has 2 aromatic carbocycles. The molecule has 5 rings (SSSR count). The minimum atomic E-state index is -0.843. The van der Waals surface area contributed by atoms with Crippen molar-refractivity contribution < 1.29 is 23.9 Å². The number of nitrogens with one attached hydrogen (secondary N) is 2. The number of hydrogen-bond donors (Lipinski definition) is 3. The first kappa shape index (κ1) is 21.8. The third-order valence-corrected chi connectivity index (χ3v) is 6.65. The summed E-state index contributed by atoms with van der Waals surface area (Å²) in [6.45, 7) is 0.891. The second kappa shape index (κ2) is 8.40. The Bertz CT molecular complexity index is 1160. The van der Waals surface area contributed by atoms with Crippen LogP contribution in [0.4, 0.5) is 10.1 Å². The first-order valence-corrected chi connectivity index (χ1v) is 11.1. The lowest BCUT2D eigenvalue weighted by molar-refractivity contribution is -0.137. The van der Waals surface area contributed by atoms with Crippen molar-refractivity contribution in [1.29, 1.82) is 0 Å². The fourth-order valence-corrected chi connectivity index (χ4v) is 4.83. The summed E-state index contributed by atoms with van der Waals surface area (Å²) >= 11 is 5.85. The number of carbonyl (C=O) groups is 3. The van der Waals surface area contributed by atoms with Gasteiger partial charge in [0.25, 0.3) is 5.91 Å². The van der Waals surface area contributed by atoms with E-state index in [0.29, 0.717) is 29.8 Å². The van der Waals surface area contributed by atoms with Crippen molar-refractivity contribution >= 4 is 35.0 Å². The largest absolute Gasteiger partial charge is 0.392 e. The van der Waals surface area contributed by atoms with Crippen LogP contribution in [0, 0.1) is 5.82 Å². The summed E-state index contributed by atoms with van der Waals surface area (Å²) in [6, 6.07) is 7.76.